The molecule has 0 bridgehead atoms. The summed E-state index contributed by atoms with van der Waals surface area (Å²) >= 11 is 1.42. The van der Waals surface area contributed by atoms with Crippen molar-refractivity contribution in [2.24, 2.45) is 0 Å². The lowest BCUT2D eigenvalue weighted by Crippen LogP contribution is -2.33. The minimum Gasteiger partial charge on any atom is -0.496 e. The third-order valence-corrected chi connectivity index (χ3v) is 5.15. The molecule has 23 heavy (non-hydrogen) atoms. The number of halogens is 2. The molecule has 2 atom stereocenters. The number of hydrogen-bond acceptors (Lipinski definition) is 4. The summed E-state index contributed by atoms with van der Waals surface area (Å²) in [7, 11) is 0. The third-order valence-electron chi connectivity index (χ3n) is 4.03. The predicted octanol–water partition coefficient (Wildman–Crippen LogP) is 2.59. The molecule has 4 nitrogen and oxygen atoms in total. The second kappa shape index (κ2) is 6.49. The lowest BCUT2D eigenvalue weighted by Gasteiger charge is -2.27. The van der Waals surface area contributed by atoms with E-state index in [1.165, 1.54) is 22.7 Å². The number of β-amino-alcohol motifs (C(OH)–C–C–N with tert-alkyl or cyclic N) is 1. The second-order valence-electron chi connectivity index (χ2n) is 5.62. The van der Waals surface area contributed by atoms with Gasteiger partial charge in [0.05, 0.1) is 18.8 Å². The van der Waals surface area contributed by atoms with Gasteiger partial charge in [-0.3, -0.25) is 4.79 Å². The normalized spacial score (nSPS) is 24.8. The lowest BCUT2D eigenvalue weighted by molar-refractivity contribution is -0.127. The molecule has 2 aliphatic rings. The van der Waals surface area contributed by atoms with E-state index in [1.807, 2.05) is 0 Å². The van der Waals surface area contributed by atoms with Crippen molar-refractivity contribution in [1.29, 1.82) is 0 Å². The number of rotatable bonds is 2. The number of aliphatic hydroxyl groups excluding tert-OH is 1. The van der Waals surface area contributed by atoms with Crippen molar-refractivity contribution in [2.45, 2.75) is 25.5 Å². The van der Waals surface area contributed by atoms with Gasteiger partial charge in [-0.1, -0.05) is 6.07 Å². The maximum atomic E-state index is 13.5. The molecule has 1 aromatic rings. The Morgan fingerprint density at radius 2 is 2.17 bits per heavy atom. The number of amides is 1. The molecule has 0 aromatic heterocycles. The van der Waals surface area contributed by atoms with Crippen LogP contribution in [0, 0.1) is 11.6 Å². The van der Waals surface area contributed by atoms with Crippen molar-refractivity contribution < 1.29 is 23.4 Å². The highest BCUT2D eigenvalue weighted by Crippen LogP contribution is 2.37. The number of aliphatic hydroxyl groups is 1. The summed E-state index contributed by atoms with van der Waals surface area (Å²) in [6.07, 6.45) is -0.387. The standard InChI is InChI=1S/C16H17F2NO3S/c1-9-15(23-5-4-22-9)16(21)19-8-11(20)7-14(19)10-2-3-12(17)13(18)6-10/h2-3,6,11,14,20H,4-5,7-8H2,1H3/t11-,14+/m1/s1. The van der Waals surface area contributed by atoms with Gasteiger partial charge in [-0.15, -0.1) is 11.8 Å². The molecule has 1 N–H and O–H groups in total. The number of carbonyl (C=O) groups excluding carboxylic acids is 1. The first kappa shape index (κ1) is 16.3. The number of likely N-dealkylation sites (tertiary alicyclic amines) is 1. The number of ether oxygens (including phenoxy) is 1. The Morgan fingerprint density at radius 1 is 1.39 bits per heavy atom. The highest BCUT2D eigenvalue weighted by molar-refractivity contribution is 8.04. The van der Waals surface area contributed by atoms with Gasteiger partial charge in [0.2, 0.25) is 0 Å². The van der Waals surface area contributed by atoms with Gasteiger partial charge in [-0.25, -0.2) is 8.78 Å². The van der Waals surface area contributed by atoms with Gasteiger partial charge in [0, 0.05) is 12.3 Å². The monoisotopic (exact) mass is 341 g/mol. The first-order valence-corrected chi connectivity index (χ1v) is 8.36. The van der Waals surface area contributed by atoms with Crippen LogP contribution in [0.4, 0.5) is 8.78 Å². The van der Waals surface area contributed by atoms with Crippen LogP contribution in [0.15, 0.2) is 28.9 Å². The second-order valence-corrected chi connectivity index (χ2v) is 6.72. The zero-order chi connectivity index (χ0) is 16.6. The number of benzene rings is 1. The minimum atomic E-state index is -0.956. The molecule has 1 aromatic carbocycles. The van der Waals surface area contributed by atoms with Crippen LogP contribution in [0.2, 0.25) is 0 Å². The Bertz CT molecular complexity index is 665. The lowest BCUT2D eigenvalue weighted by atomic mass is 10.0. The summed E-state index contributed by atoms with van der Waals surface area (Å²) in [5, 5.41) is 9.95. The van der Waals surface area contributed by atoms with Crippen molar-refractivity contribution in [3.8, 4) is 0 Å². The van der Waals surface area contributed by atoms with Crippen molar-refractivity contribution in [2.75, 3.05) is 18.9 Å². The molecule has 1 saturated heterocycles. The fraction of sp³-hybridized carbons (Fsp3) is 0.438. The van der Waals surface area contributed by atoms with Crippen molar-refractivity contribution in [3.63, 3.8) is 0 Å². The molecule has 0 unspecified atom stereocenters. The van der Waals surface area contributed by atoms with Crippen LogP contribution >= 0.6 is 11.8 Å². The average Bonchev–Trinajstić information content (AvgIpc) is 2.92. The summed E-state index contributed by atoms with van der Waals surface area (Å²) < 4.78 is 32.0. The van der Waals surface area contributed by atoms with Crippen LogP contribution in [0.5, 0.6) is 0 Å². The molecule has 0 spiro atoms. The quantitative estimate of drug-likeness (QED) is 0.898. The van der Waals surface area contributed by atoms with E-state index < -0.39 is 23.8 Å². The zero-order valence-corrected chi connectivity index (χ0v) is 13.4. The molecule has 0 radical (unpaired) electrons. The van der Waals surface area contributed by atoms with E-state index in [1.54, 1.807) is 6.92 Å². The summed E-state index contributed by atoms with van der Waals surface area (Å²) in [4.78, 5) is 14.8. The van der Waals surface area contributed by atoms with Gasteiger partial charge in [0.25, 0.3) is 5.91 Å². The molecule has 1 fully saturated rings. The summed E-state index contributed by atoms with van der Waals surface area (Å²) in [5.74, 6) is -0.873. The molecule has 0 saturated carbocycles. The predicted molar refractivity (Wildman–Crippen MR) is 82.5 cm³/mol. The largest absolute Gasteiger partial charge is 0.496 e. The molecule has 2 aliphatic heterocycles. The Morgan fingerprint density at radius 3 is 2.87 bits per heavy atom. The Balaban J connectivity index is 1.90. The average molecular weight is 341 g/mol. The maximum Gasteiger partial charge on any atom is 0.264 e. The molecule has 124 valence electrons. The molecule has 7 heteroatoms. The SMILES string of the molecule is CC1=C(C(=O)N2C[C@H](O)C[C@H]2c2ccc(F)c(F)c2)SCCO1. The van der Waals surface area contributed by atoms with Gasteiger partial charge in [0.15, 0.2) is 11.6 Å². The smallest absolute Gasteiger partial charge is 0.264 e. The number of allylic oxidation sites excluding steroid dienone is 1. The van der Waals surface area contributed by atoms with Crippen LogP contribution < -0.4 is 0 Å². The molecule has 3 rings (SSSR count). The van der Waals surface area contributed by atoms with E-state index in [-0.39, 0.29) is 12.5 Å². The van der Waals surface area contributed by atoms with Crippen LogP contribution in [-0.2, 0) is 9.53 Å². The van der Waals surface area contributed by atoms with E-state index >= 15 is 0 Å². The topological polar surface area (TPSA) is 49.8 Å². The number of carbonyl (C=O) groups is 1. The van der Waals surface area contributed by atoms with Gasteiger partial charge in [-0.05, 0) is 31.0 Å². The number of hydrogen-bond donors (Lipinski definition) is 1. The van der Waals surface area contributed by atoms with Crippen LogP contribution in [-0.4, -0.2) is 40.9 Å². The van der Waals surface area contributed by atoms with Crippen molar-refractivity contribution in [1.82, 2.24) is 4.90 Å². The van der Waals surface area contributed by atoms with Crippen LogP contribution in [0.3, 0.4) is 0 Å². The highest BCUT2D eigenvalue weighted by atomic mass is 32.2. The van der Waals surface area contributed by atoms with Gasteiger partial charge < -0.3 is 14.7 Å². The van der Waals surface area contributed by atoms with E-state index in [9.17, 15) is 18.7 Å². The molecule has 2 heterocycles. The summed E-state index contributed by atoms with van der Waals surface area (Å²) in [5.41, 5.74) is 0.480. The summed E-state index contributed by atoms with van der Waals surface area (Å²) in [6, 6.07) is 3.11. The molecular formula is C16H17F2NO3S. The van der Waals surface area contributed by atoms with Gasteiger partial charge in [0.1, 0.15) is 10.7 Å². The van der Waals surface area contributed by atoms with E-state index in [4.69, 9.17) is 4.74 Å². The van der Waals surface area contributed by atoms with E-state index in [2.05, 4.69) is 0 Å². The van der Waals surface area contributed by atoms with Gasteiger partial charge in [-0.2, -0.15) is 0 Å². The molecule has 0 aliphatic carbocycles. The minimum absolute atomic E-state index is 0.167. The first-order chi connectivity index (χ1) is 11.0. The van der Waals surface area contributed by atoms with Crippen molar-refractivity contribution in [3.05, 3.63) is 46.1 Å². The molecular weight excluding hydrogens is 324 g/mol. The maximum absolute atomic E-state index is 13.5. The van der Waals surface area contributed by atoms with Crippen molar-refractivity contribution >= 4 is 17.7 Å². The Labute approximate surface area is 137 Å². The van der Waals surface area contributed by atoms with E-state index in [0.717, 1.165) is 12.1 Å². The number of nitrogens with zero attached hydrogens (tertiary/aromatic N) is 1. The Hall–Kier alpha value is -1.60. The van der Waals surface area contributed by atoms with Crippen LogP contribution in [0.1, 0.15) is 24.9 Å². The number of thioether (sulfide) groups is 1. The fourth-order valence-corrected chi connectivity index (χ4v) is 3.80. The summed E-state index contributed by atoms with van der Waals surface area (Å²) in [6.45, 7) is 2.46. The fourth-order valence-electron chi connectivity index (χ4n) is 2.92. The molecule has 1 amide bonds. The Kier molecular flexibility index (Phi) is 4.59. The van der Waals surface area contributed by atoms with Crippen LogP contribution in [0.25, 0.3) is 0 Å². The van der Waals surface area contributed by atoms with E-state index in [0.29, 0.717) is 35.0 Å². The first-order valence-electron chi connectivity index (χ1n) is 7.38. The third kappa shape index (κ3) is 3.21. The highest BCUT2D eigenvalue weighted by Gasteiger charge is 2.38. The van der Waals surface area contributed by atoms with Gasteiger partial charge >= 0.3 is 0 Å². The zero-order valence-electron chi connectivity index (χ0n) is 12.6.